The van der Waals surface area contributed by atoms with E-state index in [1.165, 1.54) is 17.3 Å². The maximum absolute atomic E-state index is 10.8. The molecule has 0 aromatic carbocycles. The molecule has 1 unspecified atom stereocenters. The summed E-state index contributed by atoms with van der Waals surface area (Å²) in [6.07, 6.45) is 2.03. The first-order valence-electron chi connectivity index (χ1n) is 9.58. The number of aliphatic hydroxyl groups excluding tert-OH is 1. The number of ether oxygens (including phenoxy) is 5. The molecule has 0 aromatic heterocycles. The number of unbranched alkanes of at least 4 members (excludes halogenated alkanes) is 2. The van der Waals surface area contributed by atoms with Gasteiger partial charge in [-0.2, -0.15) is 9.81 Å². The van der Waals surface area contributed by atoms with Crippen molar-refractivity contribution >= 4 is 22.6 Å². The first-order valence-corrected chi connectivity index (χ1v) is 11.1. The topological polar surface area (TPSA) is 125 Å². The van der Waals surface area contributed by atoms with Gasteiger partial charge in [0.2, 0.25) is 0 Å². The zero-order chi connectivity index (χ0) is 20.5. The highest BCUT2D eigenvalue weighted by molar-refractivity contribution is 14.1. The molecule has 1 saturated heterocycles. The third-order valence-corrected chi connectivity index (χ3v) is 4.93. The van der Waals surface area contributed by atoms with Crippen LogP contribution >= 0.6 is 22.6 Å². The van der Waals surface area contributed by atoms with Crippen LogP contribution in [0, 0.1) is 9.81 Å². The molecule has 1 aliphatic rings. The van der Waals surface area contributed by atoms with Crippen LogP contribution in [0.4, 0.5) is 0 Å². The van der Waals surface area contributed by atoms with Crippen molar-refractivity contribution in [2.75, 3.05) is 57.3 Å². The van der Waals surface area contributed by atoms with Crippen LogP contribution in [0.2, 0.25) is 0 Å². The van der Waals surface area contributed by atoms with Gasteiger partial charge in [0.1, 0.15) is 18.2 Å². The number of nitroso groups, excluding NO2 is 2. The standard InChI is InChI=1S/C17H31IN2O8/c18-4-2-1-3-5-24-6-7-25-8-9-26-10-11-27-16-12-14(19-22)17(20-23)15(13-21)28-16/h14-17,21H,1-13H2/t14-,15-,16?,17-/m1/s1. The van der Waals surface area contributed by atoms with Gasteiger partial charge in [0.15, 0.2) is 6.29 Å². The molecule has 1 rings (SSSR count). The van der Waals surface area contributed by atoms with E-state index in [-0.39, 0.29) is 13.0 Å². The predicted octanol–water partition coefficient (Wildman–Crippen LogP) is 2.04. The second-order valence-electron chi connectivity index (χ2n) is 6.25. The summed E-state index contributed by atoms with van der Waals surface area (Å²) < 4.78 is 28.4. The average molecular weight is 518 g/mol. The molecule has 10 nitrogen and oxygen atoms in total. The Morgan fingerprint density at radius 1 is 0.893 bits per heavy atom. The molecule has 164 valence electrons. The Morgan fingerprint density at radius 2 is 1.54 bits per heavy atom. The summed E-state index contributed by atoms with van der Waals surface area (Å²) in [4.78, 5) is 21.6. The van der Waals surface area contributed by atoms with E-state index in [2.05, 4.69) is 32.9 Å². The second-order valence-corrected chi connectivity index (χ2v) is 7.33. The second kappa shape index (κ2) is 17.5. The van der Waals surface area contributed by atoms with Crippen LogP contribution in [-0.4, -0.2) is 86.9 Å². The van der Waals surface area contributed by atoms with Crippen molar-refractivity contribution in [1.29, 1.82) is 0 Å². The zero-order valence-electron chi connectivity index (χ0n) is 16.1. The molecule has 0 amide bonds. The molecule has 4 atom stereocenters. The minimum atomic E-state index is -0.990. The highest BCUT2D eigenvalue weighted by Gasteiger charge is 2.41. The van der Waals surface area contributed by atoms with E-state index < -0.39 is 31.1 Å². The molecule has 0 aromatic rings. The molecular formula is C17H31IN2O8. The number of halogens is 1. The lowest BCUT2D eigenvalue weighted by atomic mass is 9.98. The van der Waals surface area contributed by atoms with Crippen LogP contribution in [0.3, 0.4) is 0 Å². The van der Waals surface area contributed by atoms with Gasteiger partial charge in [-0.25, -0.2) is 0 Å². The smallest absolute Gasteiger partial charge is 0.160 e. The van der Waals surface area contributed by atoms with Crippen molar-refractivity contribution < 1.29 is 28.8 Å². The third kappa shape index (κ3) is 11.0. The number of hydrogen-bond acceptors (Lipinski definition) is 10. The number of aliphatic hydroxyl groups is 1. The lowest BCUT2D eigenvalue weighted by Gasteiger charge is -2.34. The molecule has 1 fully saturated rings. The van der Waals surface area contributed by atoms with E-state index in [1.54, 1.807) is 0 Å². The van der Waals surface area contributed by atoms with Crippen molar-refractivity contribution in [2.24, 2.45) is 10.4 Å². The summed E-state index contributed by atoms with van der Waals surface area (Å²) >= 11 is 2.38. The summed E-state index contributed by atoms with van der Waals surface area (Å²) in [6, 6.07) is -1.85. The Balaban J connectivity index is 1.96. The highest BCUT2D eigenvalue weighted by atomic mass is 127. The van der Waals surface area contributed by atoms with E-state index in [0.717, 1.165) is 13.0 Å². The summed E-state index contributed by atoms with van der Waals surface area (Å²) in [6.45, 7) is 2.94. The van der Waals surface area contributed by atoms with Crippen LogP contribution in [0.25, 0.3) is 0 Å². The molecule has 0 spiro atoms. The summed E-state index contributed by atoms with van der Waals surface area (Å²) in [5, 5.41) is 15.0. The highest BCUT2D eigenvalue weighted by Crippen LogP contribution is 2.25. The monoisotopic (exact) mass is 518 g/mol. The largest absolute Gasteiger partial charge is 0.394 e. The Bertz CT molecular complexity index is 407. The van der Waals surface area contributed by atoms with Crippen molar-refractivity contribution in [1.82, 2.24) is 0 Å². The number of alkyl halides is 1. The molecule has 0 radical (unpaired) electrons. The van der Waals surface area contributed by atoms with Gasteiger partial charge < -0.3 is 28.8 Å². The first kappa shape index (κ1) is 25.7. The summed E-state index contributed by atoms with van der Waals surface area (Å²) in [7, 11) is 0. The van der Waals surface area contributed by atoms with Gasteiger partial charge >= 0.3 is 0 Å². The summed E-state index contributed by atoms with van der Waals surface area (Å²) in [5.74, 6) is 0. The van der Waals surface area contributed by atoms with Crippen molar-refractivity contribution in [2.45, 2.75) is 50.2 Å². The quantitative estimate of drug-likeness (QED) is 0.127. The number of hydrogen-bond donors (Lipinski definition) is 1. The molecule has 1 heterocycles. The van der Waals surface area contributed by atoms with Crippen molar-refractivity contribution in [3.05, 3.63) is 9.81 Å². The molecule has 1 aliphatic heterocycles. The fourth-order valence-corrected chi connectivity index (χ4v) is 3.21. The summed E-state index contributed by atoms with van der Waals surface area (Å²) in [5.41, 5.74) is 0. The molecule has 28 heavy (non-hydrogen) atoms. The molecule has 0 saturated carbocycles. The molecule has 0 aliphatic carbocycles. The lowest BCUT2D eigenvalue weighted by Crippen LogP contribution is -2.48. The zero-order valence-corrected chi connectivity index (χ0v) is 18.2. The number of nitrogens with zero attached hydrogens (tertiary/aromatic N) is 2. The predicted molar refractivity (Wildman–Crippen MR) is 111 cm³/mol. The maximum Gasteiger partial charge on any atom is 0.160 e. The van der Waals surface area contributed by atoms with E-state index in [1.807, 2.05) is 0 Å². The van der Waals surface area contributed by atoms with Crippen LogP contribution in [0.5, 0.6) is 0 Å². The molecule has 11 heteroatoms. The average Bonchev–Trinajstić information content (AvgIpc) is 2.73. The Hall–Kier alpha value is -0.310. The fourth-order valence-electron chi connectivity index (χ4n) is 2.67. The molecule has 1 N–H and O–H groups in total. The van der Waals surface area contributed by atoms with Crippen molar-refractivity contribution in [3.8, 4) is 0 Å². The minimum Gasteiger partial charge on any atom is -0.394 e. The van der Waals surface area contributed by atoms with Gasteiger partial charge in [-0.3, -0.25) is 0 Å². The van der Waals surface area contributed by atoms with E-state index in [4.69, 9.17) is 23.7 Å². The van der Waals surface area contributed by atoms with Gasteiger partial charge in [0, 0.05) is 13.0 Å². The van der Waals surface area contributed by atoms with Gasteiger partial charge in [-0.1, -0.05) is 39.4 Å². The fraction of sp³-hybridized carbons (Fsp3) is 1.00. The van der Waals surface area contributed by atoms with Crippen molar-refractivity contribution in [3.63, 3.8) is 0 Å². The van der Waals surface area contributed by atoms with Gasteiger partial charge in [-0.15, -0.1) is 0 Å². The minimum absolute atomic E-state index is 0.123. The van der Waals surface area contributed by atoms with Crippen LogP contribution in [-0.2, 0) is 23.7 Å². The van der Waals surface area contributed by atoms with E-state index >= 15 is 0 Å². The lowest BCUT2D eigenvalue weighted by molar-refractivity contribution is -0.213. The van der Waals surface area contributed by atoms with Crippen LogP contribution < -0.4 is 0 Å². The van der Waals surface area contributed by atoms with Gasteiger partial charge in [0.05, 0.1) is 46.2 Å². The molecule has 0 bridgehead atoms. The Morgan fingerprint density at radius 3 is 2.11 bits per heavy atom. The SMILES string of the molecule is O=N[C@@H]1[C@H](N=O)CC(OCCOCCOCCOCCCCCI)O[C@@H]1CO. The van der Waals surface area contributed by atoms with Crippen LogP contribution in [0.1, 0.15) is 25.7 Å². The van der Waals surface area contributed by atoms with Gasteiger partial charge in [-0.05, 0) is 17.3 Å². The Kier molecular flexibility index (Phi) is 16.1. The van der Waals surface area contributed by atoms with E-state index in [0.29, 0.717) is 33.0 Å². The first-order chi connectivity index (χ1) is 13.8. The van der Waals surface area contributed by atoms with Crippen LogP contribution in [0.15, 0.2) is 10.4 Å². The maximum atomic E-state index is 10.8. The third-order valence-electron chi connectivity index (χ3n) is 4.17. The normalized spacial score (nSPS) is 24.9. The Labute approximate surface area is 179 Å². The number of rotatable bonds is 18. The molecular weight excluding hydrogens is 487 g/mol. The van der Waals surface area contributed by atoms with E-state index in [9.17, 15) is 14.9 Å². The van der Waals surface area contributed by atoms with Gasteiger partial charge in [0.25, 0.3) is 0 Å².